The van der Waals surface area contributed by atoms with Gasteiger partial charge >= 0.3 is 0 Å². The van der Waals surface area contributed by atoms with Crippen LogP contribution >= 0.6 is 0 Å². The van der Waals surface area contributed by atoms with Crippen LogP contribution in [0.15, 0.2) is 24.3 Å². The van der Waals surface area contributed by atoms with Crippen molar-refractivity contribution in [3.8, 4) is 0 Å². The lowest BCUT2D eigenvalue weighted by molar-refractivity contribution is -0.001000. The molecule has 3 nitrogen and oxygen atoms in total. The second kappa shape index (κ2) is 5.57. The number of likely N-dealkylation sites (tertiary alicyclic amines) is 1. The number of fused-ring (bicyclic) bond motifs is 4. The van der Waals surface area contributed by atoms with E-state index in [4.69, 9.17) is 0 Å². The molecule has 0 amide bonds. The van der Waals surface area contributed by atoms with Gasteiger partial charge in [-0.15, -0.1) is 0 Å². The number of para-hydroxylation sites is 1. The van der Waals surface area contributed by atoms with Crippen LogP contribution in [0.2, 0.25) is 0 Å². The number of nitrogens with one attached hydrogen (secondary N) is 2. The molecule has 1 unspecified atom stereocenters. The molecule has 5 heteroatoms. The van der Waals surface area contributed by atoms with Crippen LogP contribution < -0.4 is 30.1 Å². The van der Waals surface area contributed by atoms with Crippen molar-refractivity contribution >= 4 is 10.9 Å². The molecule has 3 heterocycles. The van der Waals surface area contributed by atoms with Crippen LogP contribution in [0.25, 0.3) is 10.9 Å². The van der Waals surface area contributed by atoms with E-state index in [9.17, 15) is 0 Å². The monoisotopic (exact) mass is 311 g/mol. The fourth-order valence-corrected chi connectivity index (χ4v) is 3.79. The number of hydrogen-bond acceptors (Lipinski definition) is 2. The predicted molar refractivity (Wildman–Crippen MR) is 73.5 cm³/mol. The van der Waals surface area contributed by atoms with E-state index in [-0.39, 0.29) is 30.5 Å². The Morgan fingerprint density at radius 1 is 1.20 bits per heavy atom. The number of hydrogen-bond donors (Lipinski definition) is 2. The Balaban J connectivity index is 0.000000735. The topological polar surface area (TPSA) is 31.1 Å². The van der Waals surface area contributed by atoms with E-state index in [1.165, 1.54) is 41.5 Å². The van der Waals surface area contributed by atoms with Crippen LogP contribution in [-0.4, -0.2) is 30.0 Å². The first-order valence-corrected chi connectivity index (χ1v) is 6.88. The summed E-state index contributed by atoms with van der Waals surface area (Å²) < 4.78 is 0. The van der Waals surface area contributed by atoms with Gasteiger partial charge in [-0.05, 0) is 37.9 Å². The van der Waals surface area contributed by atoms with Crippen LogP contribution in [0, 0.1) is 0 Å². The molecular formula is C15H19Cl2N3-2. The molecular weight excluding hydrogens is 293 g/mol. The molecule has 0 radical (unpaired) electrons. The Morgan fingerprint density at radius 3 is 2.75 bits per heavy atom. The number of nitrogens with zero attached hydrogens (tertiary/aromatic N) is 1. The van der Waals surface area contributed by atoms with Crippen molar-refractivity contribution < 1.29 is 24.8 Å². The molecule has 1 atom stereocenters. The van der Waals surface area contributed by atoms with E-state index in [1.807, 2.05) is 0 Å². The van der Waals surface area contributed by atoms with E-state index in [2.05, 4.69) is 46.5 Å². The molecule has 0 bridgehead atoms. The van der Waals surface area contributed by atoms with Crippen LogP contribution in [0.1, 0.15) is 24.1 Å². The molecule has 20 heavy (non-hydrogen) atoms. The minimum atomic E-state index is 0. The average Bonchev–Trinajstić information content (AvgIpc) is 2.94. The zero-order valence-corrected chi connectivity index (χ0v) is 13.1. The number of aromatic amines is 1. The molecule has 0 aliphatic carbocycles. The van der Waals surface area contributed by atoms with Crippen molar-refractivity contribution in [2.75, 3.05) is 20.1 Å². The van der Waals surface area contributed by atoms with Crippen molar-refractivity contribution in [2.45, 2.75) is 24.9 Å². The predicted octanol–water partition coefficient (Wildman–Crippen LogP) is -3.80. The van der Waals surface area contributed by atoms with E-state index < -0.39 is 0 Å². The molecule has 1 aromatic carbocycles. The maximum Gasteiger partial charge on any atom is 0.113 e. The normalized spacial score (nSPS) is 25.2. The van der Waals surface area contributed by atoms with Gasteiger partial charge in [0, 0.05) is 24.0 Å². The second-order valence-electron chi connectivity index (χ2n) is 5.59. The van der Waals surface area contributed by atoms with Crippen molar-refractivity contribution in [3.63, 3.8) is 0 Å². The van der Waals surface area contributed by atoms with Crippen molar-refractivity contribution in [1.82, 2.24) is 15.2 Å². The van der Waals surface area contributed by atoms with Crippen LogP contribution in [0.4, 0.5) is 0 Å². The minimum absolute atomic E-state index is 0. The Kier molecular flexibility index (Phi) is 4.35. The molecule has 1 saturated heterocycles. The summed E-state index contributed by atoms with van der Waals surface area (Å²) in [7, 11) is 2.24. The molecule has 2 aliphatic rings. The lowest BCUT2D eigenvalue weighted by Crippen LogP contribution is -3.00. The first-order valence-electron chi connectivity index (χ1n) is 6.88. The van der Waals surface area contributed by atoms with Crippen LogP contribution in [0.5, 0.6) is 0 Å². The number of benzene rings is 1. The van der Waals surface area contributed by atoms with Crippen molar-refractivity contribution in [3.05, 3.63) is 35.5 Å². The fourth-order valence-electron chi connectivity index (χ4n) is 3.79. The highest BCUT2D eigenvalue weighted by Crippen LogP contribution is 2.41. The van der Waals surface area contributed by atoms with Gasteiger partial charge in [0.05, 0.1) is 5.69 Å². The molecule has 4 rings (SSSR count). The van der Waals surface area contributed by atoms with Gasteiger partial charge in [0.25, 0.3) is 0 Å². The summed E-state index contributed by atoms with van der Waals surface area (Å²) in [6, 6.07) is 8.70. The lowest BCUT2D eigenvalue weighted by Gasteiger charge is -2.40. The van der Waals surface area contributed by atoms with Gasteiger partial charge in [0.15, 0.2) is 0 Å². The summed E-state index contributed by atoms with van der Waals surface area (Å²) in [4.78, 5) is 6.15. The summed E-state index contributed by atoms with van der Waals surface area (Å²) in [5.41, 5.74) is 4.28. The van der Waals surface area contributed by atoms with Gasteiger partial charge in [0.2, 0.25) is 0 Å². The van der Waals surface area contributed by atoms with Gasteiger partial charge in [-0.1, -0.05) is 18.2 Å². The molecule has 1 spiro atoms. The van der Waals surface area contributed by atoms with E-state index in [0.29, 0.717) is 0 Å². The second-order valence-corrected chi connectivity index (χ2v) is 5.59. The highest BCUT2D eigenvalue weighted by molar-refractivity contribution is 5.85. The van der Waals surface area contributed by atoms with Crippen molar-refractivity contribution in [2.24, 2.45) is 0 Å². The Labute approximate surface area is 131 Å². The maximum atomic E-state index is 3.76. The third kappa shape index (κ3) is 1.96. The highest BCUT2D eigenvalue weighted by Gasteiger charge is 2.44. The first kappa shape index (κ1) is 15.6. The van der Waals surface area contributed by atoms with Crippen LogP contribution in [-0.2, 0) is 12.1 Å². The summed E-state index contributed by atoms with van der Waals surface area (Å²) >= 11 is 0. The summed E-state index contributed by atoms with van der Waals surface area (Å²) in [6.07, 6.45) is 3.62. The van der Waals surface area contributed by atoms with Gasteiger partial charge in [-0.25, -0.2) is 0 Å². The fraction of sp³-hybridized carbons (Fsp3) is 0.467. The Bertz CT molecular complexity index is 610. The van der Waals surface area contributed by atoms with E-state index in [0.717, 1.165) is 13.0 Å². The molecule has 1 aromatic heterocycles. The molecule has 1 fully saturated rings. The Morgan fingerprint density at radius 2 is 2.00 bits per heavy atom. The first-order chi connectivity index (χ1) is 8.81. The SMILES string of the molecule is CN1CCCC12NCCc1c2[nH]c2ccccc12.[Cl-].[Cl-]. The van der Waals surface area contributed by atoms with E-state index >= 15 is 0 Å². The lowest BCUT2D eigenvalue weighted by atomic mass is 9.92. The zero-order chi connectivity index (χ0) is 12.2. The van der Waals surface area contributed by atoms with Gasteiger partial charge < -0.3 is 29.8 Å². The van der Waals surface area contributed by atoms with Crippen LogP contribution in [0.3, 0.4) is 0 Å². The third-order valence-corrected chi connectivity index (χ3v) is 4.70. The third-order valence-electron chi connectivity index (χ3n) is 4.70. The Hall–Kier alpha value is -0.740. The number of H-pyrrole nitrogens is 1. The molecule has 2 N–H and O–H groups in total. The molecule has 2 aromatic rings. The molecule has 0 saturated carbocycles. The standard InChI is InChI=1S/C15H19N3.2ClH/c1-18-10-4-8-15(18)14-12(7-9-16-15)11-5-2-3-6-13(11)17-14;;/h2-3,5-6,16-17H,4,7-10H2,1H3;2*1H/p-2. The smallest absolute Gasteiger partial charge is 0.113 e. The van der Waals surface area contributed by atoms with E-state index in [1.54, 1.807) is 0 Å². The summed E-state index contributed by atoms with van der Waals surface area (Å²) in [6.45, 7) is 2.26. The van der Waals surface area contributed by atoms with Gasteiger partial charge in [-0.2, -0.15) is 0 Å². The zero-order valence-electron chi connectivity index (χ0n) is 11.5. The van der Waals surface area contributed by atoms with Gasteiger partial charge in [0.1, 0.15) is 5.66 Å². The average molecular weight is 312 g/mol. The molecule has 110 valence electrons. The highest BCUT2D eigenvalue weighted by atomic mass is 35.5. The number of aromatic nitrogens is 1. The van der Waals surface area contributed by atoms with Gasteiger partial charge in [-0.3, -0.25) is 10.2 Å². The molecule has 2 aliphatic heterocycles. The maximum absolute atomic E-state index is 3.76. The number of rotatable bonds is 0. The largest absolute Gasteiger partial charge is 1.00 e. The van der Waals surface area contributed by atoms with Crippen molar-refractivity contribution in [1.29, 1.82) is 0 Å². The summed E-state index contributed by atoms with van der Waals surface area (Å²) in [5, 5.41) is 5.17. The quantitative estimate of drug-likeness (QED) is 0.523. The summed E-state index contributed by atoms with van der Waals surface area (Å²) in [5.74, 6) is 0. The minimum Gasteiger partial charge on any atom is -1.00 e. The number of halogens is 2.